The van der Waals surface area contributed by atoms with Crippen molar-refractivity contribution < 1.29 is 9.31 Å². The lowest BCUT2D eigenvalue weighted by atomic mass is 9.79. The molecule has 0 bridgehead atoms. The second kappa shape index (κ2) is 4.89. The van der Waals surface area contributed by atoms with Crippen molar-refractivity contribution in [1.82, 2.24) is 15.0 Å². The quantitative estimate of drug-likeness (QED) is 0.787. The van der Waals surface area contributed by atoms with Gasteiger partial charge >= 0.3 is 7.12 Å². The lowest BCUT2D eigenvalue weighted by Crippen LogP contribution is -2.41. The fourth-order valence-electron chi connectivity index (χ4n) is 2.17. The number of rotatable bonds is 2. The van der Waals surface area contributed by atoms with Gasteiger partial charge in [0.2, 0.25) is 0 Å². The zero-order valence-electron chi connectivity index (χ0n) is 12.7. The lowest BCUT2D eigenvalue weighted by Gasteiger charge is -2.32. The van der Waals surface area contributed by atoms with Gasteiger partial charge in [0.25, 0.3) is 0 Å². The van der Waals surface area contributed by atoms with Crippen LogP contribution in [0.3, 0.4) is 0 Å². The number of hydrogen-bond donors (Lipinski definition) is 0. The monoisotopic (exact) mass is 283 g/mol. The van der Waals surface area contributed by atoms with E-state index in [0.717, 1.165) is 16.6 Å². The average molecular weight is 283 g/mol. The van der Waals surface area contributed by atoms with Gasteiger partial charge < -0.3 is 9.31 Å². The van der Waals surface area contributed by atoms with Gasteiger partial charge in [0, 0.05) is 41.4 Å². The van der Waals surface area contributed by atoms with Gasteiger partial charge in [0.05, 0.1) is 11.2 Å². The highest BCUT2D eigenvalue weighted by Gasteiger charge is 2.51. The molecule has 0 atom stereocenters. The highest BCUT2D eigenvalue weighted by Crippen LogP contribution is 2.36. The molecule has 6 heteroatoms. The molecule has 0 aliphatic carbocycles. The summed E-state index contributed by atoms with van der Waals surface area (Å²) in [5, 5.41) is 0. The van der Waals surface area contributed by atoms with Crippen molar-refractivity contribution in [1.29, 1.82) is 0 Å². The van der Waals surface area contributed by atoms with Crippen molar-refractivity contribution in [2.45, 2.75) is 38.9 Å². The van der Waals surface area contributed by atoms with Gasteiger partial charge in [0.15, 0.2) is 0 Å². The molecule has 2 aromatic heterocycles. The zero-order chi connectivity index (χ0) is 15.1. The Kier molecular flexibility index (Phi) is 3.30. The van der Waals surface area contributed by atoms with Crippen LogP contribution in [0.25, 0.3) is 11.1 Å². The van der Waals surface area contributed by atoms with Gasteiger partial charge in [-0.3, -0.25) is 4.98 Å². The Labute approximate surface area is 124 Å². The van der Waals surface area contributed by atoms with E-state index in [1.165, 1.54) is 6.33 Å². The summed E-state index contributed by atoms with van der Waals surface area (Å²) in [5.74, 6) is 0. The van der Waals surface area contributed by atoms with E-state index < -0.39 is 7.12 Å². The first kappa shape index (κ1) is 14.2. The van der Waals surface area contributed by atoms with Gasteiger partial charge in [0.1, 0.15) is 6.33 Å². The molecule has 0 N–H and O–H groups in total. The van der Waals surface area contributed by atoms with Crippen molar-refractivity contribution in [3.05, 3.63) is 37.2 Å². The third kappa shape index (κ3) is 2.56. The Balaban J connectivity index is 1.92. The third-order valence-corrected chi connectivity index (χ3v) is 4.18. The molecule has 1 aliphatic heterocycles. The maximum absolute atomic E-state index is 6.05. The summed E-state index contributed by atoms with van der Waals surface area (Å²) in [7, 11) is -0.410. The zero-order valence-corrected chi connectivity index (χ0v) is 12.7. The number of nitrogens with zero attached hydrogens (tertiary/aromatic N) is 3. The summed E-state index contributed by atoms with van der Waals surface area (Å²) in [6, 6.07) is 2.01. The van der Waals surface area contributed by atoms with Gasteiger partial charge in [-0.1, -0.05) is 6.07 Å². The fraction of sp³-hybridized carbons (Fsp3) is 0.400. The molecule has 0 spiro atoms. The van der Waals surface area contributed by atoms with Crippen molar-refractivity contribution >= 4 is 12.6 Å². The van der Waals surface area contributed by atoms with Crippen LogP contribution in [0.5, 0.6) is 0 Å². The highest BCUT2D eigenvalue weighted by molar-refractivity contribution is 6.62. The maximum atomic E-state index is 6.05. The van der Waals surface area contributed by atoms with E-state index in [9.17, 15) is 0 Å². The first-order valence-corrected chi connectivity index (χ1v) is 6.95. The lowest BCUT2D eigenvalue weighted by molar-refractivity contribution is 0.00578. The fourth-order valence-corrected chi connectivity index (χ4v) is 2.17. The Bertz CT molecular complexity index is 630. The van der Waals surface area contributed by atoms with Crippen LogP contribution in [0, 0.1) is 0 Å². The minimum Gasteiger partial charge on any atom is -0.399 e. The van der Waals surface area contributed by atoms with Gasteiger partial charge in [-0.25, -0.2) is 9.97 Å². The van der Waals surface area contributed by atoms with Gasteiger partial charge in [-0.2, -0.15) is 0 Å². The third-order valence-electron chi connectivity index (χ3n) is 4.18. The standard InChI is InChI=1S/C15H18BN3O2/c1-14(2)15(3,4)21-16(20-14)13-5-11(6-17-9-13)12-7-18-10-19-8-12/h5-10H,1-4H3. The Morgan fingerprint density at radius 3 is 2.00 bits per heavy atom. The summed E-state index contributed by atoms with van der Waals surface area (Å²) in [6.07, 6.45) is 8.59. The molecule has 5 nitrogen and oxygen atoms in total. The van der Waals surface area contributed by atoms with Crippen LogP contribution < -0.4 is 5.46 Å². The number of hydrogen-bond acceptors (Lipinski definition) is 5. The van der Waals surface area contributed by atoms with E-state index in [0.29, 0.717) is 0 Å². The molecular formula is C15H18BN3O2. The molecule has 0 aromatic carbocycles. The van der Waals surface area contributed by atoms with Crippen LogP contribution in [0.1, 0.15) is 27.7 Å². The normalized spacial score (nSPS) is 19.7. The van der Waals surface area contributed by atoms with E-state index in [2.05, 4.69) is 15.0 Å². The molecule has 1 fully saturated rings. The molecule has 0 amide bonds. The van der Waals surface area contributed by atoms with E-state index in [-0.39, 0.29) is 11.2 Å². The van der Waals surface area contributed by atoms with E-state index in [1.807, 2.05) is 33.8 Å². The average Bonchev–Trinajstić information content (AvgIpc) is 2.69. The summed E-state index contributed by atoms with van der Waals surface area (Å²) in [6.45, 7) is 8.15. The van der Waals surface area contributed by atoms with Crippen molar-refractivity contribution in [3.8, 4) is 11.1 Å². The molecule has 1 saturated heterocycles. The second-order valence-electron chi connectivity index (χ2n) is 6.22. The molecule has 108 valence electrons. The largest absolute Gasteiger partial charge is 0.496 e. The molecule has 3 rings (SSSR count). The maximum Gasteiger partial charge on any atom is 0.496 e. The van der Waals surface area contributed by atoms with Crippen LogP contribution >= 0.6 is 0 Å². The minimum atomic E-state index is -0.410. The summed E-state index contributed by atoms with van der Waals surface area (Å²) in [4.78, 5) is 12.4. The SMILES string of the molecule is CC1(C)OB(c2cncc(-c3cncnc3)c2)OC1(C)C. The van der Waals surface area contributed by atoms with Crippen LogP contribution in [0.15, 0.2) is 37.2 Å². The predicted octanol–water partition coefficient (Wildman–Crippen LogP) is 1.84. The topological polar surface area (TPSA) is 57.1 Å². The van der Waals surface area contributed by atoms with Gasteiger partial charge in [-0.05, 0) is 27.7 Å². The first-order valence-electron chi connectivity index (χ1n) is 6.95. The molecule has 0 saturated carbocycles. The summed E-state index contributed by atoms with van der Waals surface area (Å²) in [5.41, 5.74) is 2.05. The smallest absolute Gasteiger partial charge is 0.399 e. The second-order valence-corrected chi connectivity index (χ2v) is 6.22. The Hall–Kier alpha value is -1.79. The molecule has 3 heterocycles. The van der Waals surface area contributed by atoms with Crippen LogP contribution in [0.4, 0.5) is 0 Å². The van der Waals surface area contributed by atoms with Crippen molar-refractivity contribution in [2.75, 3.05) is 0 Å². The van der Waals surface area contributed by atoms with Crippen LogP contribution in [0.2, 0.25) is 0 Å². The minimum absolute atomic E-state index is 0.358. The summed E-state index contributed by atoms with van der Waals surface area (Å²) >= 11 is 0. The van der Waals surface area contributed by atoms with Crippen LogP contribution in [-0.4, -0.2) is 33.3 Å². The Morgan fingerprint density at radius 1 is 0.810 bits per heavy atom. The van der Waals surface area contributed by atoms with Crippen LogP contribution in [-0.2, 0) is 9.31 Å². The number of aromatic nitrogens is 3. The molecular weight excluding hydrogens is 265 g/mol. The number of pyridine rings is 1. The highest BCUT2D eigenvalue weighted by atomic mass is 16.7. The molecule has 21 heavy (non-hydrogen) atoms. The van der Waals surface area contributed by atoms with E-state index in [1.54, 1.807) is 24.8 Å². The molecule has 0 unspecified atom stereocenters. The molecule has 0 radical (unpaired) electrons. The van der Waals surface area contributed by atoms with E-state index >= 15 is 0 Å². The van der Waals surface area contributed by atoms with E-state index in [4.69, 9.17) is 9.31 Å². The molecule has 2 aromatic rings. The summed E-state index contributed by atoms with van der Waals surface area (Å²) < 4.78 is 12.1. The molecule has 1 aliphatic rings. The van der Waals surface area contributed by atoms with Crippen molar-refractivity contribution in [2.24, 2.45) is 0 Å². The first-order chi connectivity index (χ1) is 9.89. The Morgan fingerprint density at radius 2 is 1.38 bits per heavy atom. The van der Waals surface area contributed by atoms with Crippen molar-refractivity contribution in [3.63, 3.8) is 0 Å². The predicted molar refractivity (Wildman–Crippen MR) is 81.0 cm³/mol. The van der Waals surface area contributed by atoms with Gasteiger partial charge in [-0.15, -0.1) is 0 Å².